The normalized spacial score (nSPS) is 17.7. The van der Waals surface area contributed by atoms with Crippen LogP contribution in [0.3, 0.4) is 0 Å². The molecule has 1 aromatic heterocycles. The Labute approximate surface area is 122 Å². The van der Waals surface area contributed by atoms with Crippen molar-refractivity contribution in [2.45, 2.75) is 19.3 Å². The first kappa shape index (κ1) is 13.9. The SMILES string of the molecule is CC1N=C(Nc2cccc(C(F)(F)F)c2)c2ncsc2N1. The molecule has 2 aromatic rings. The summed E-state index contributed by atoms with van der Waals surface area (Å²) >= 11 is 1.43. The zero-order chi connectivity index (χ0) is 15.0. The second-order valence-electron chi connectivity index (χ2n) is 4.53. The van der Waals surface area contributed by atoms with Gasteiger partial charge < -0.3 is 10.6 Å². The summed E-state index contributed by atoms with van der Waals surface area (Å²) in [7, 11) is 0. The van der Waals surface area contributed by atoms with Crippen LogP contribution in [0.2, 0.25) is 0 Å². The van der Waals surface area contributed by atoms with E-state index in [4.69, 9.17) is 0 Å². The maximum Gasteiger partial charge on any atom is 0.416 e. The number of hydrogen-bond donors (Lipinski definition) is 2. The van der Waals surface area contributed by atoms with Crippen molar-refractivity contribution in [3.8, 4) is 0 Å². The summed E-state index contributed by atoms with van der Waals surface area (Å²) in [6.45, 7) is 1.86. The second kappa shape index (κ2) is 5.03. The number of anilines is 2. The summed E-state index contributed by atoms with van der Waals surface area (Å²) in [5, 5.41) is 6.91. The highest BCUT2D eigenvalue weighted by Gasteiger charge is 2.30. The van der Waals surface area contributed by atoms with Crippen molar-refractivity contribution in [3.63, 3.8) is 0 Å². The third-order valence-corrected chi connectivity index (χ3v) is 3.66. The number of fused-ring (bicyclic) bond motifs is 1. The lowest BCUT2D eigenvalue weighted by Crippen LogP contribution is -2.27. The van der Waals surface area contributed by atoms with Crippen molar-refractivity contribution in [2.75, 3.05) is 10.6 Å². The van der Waals surface area contributed by atoms with E-state index < -0.39 is 11.7 Å². The number of nitrogens with zero attached hydrogens (tertiary/aromatic N) is 2. The number of benzene rings is 1. The van der Waals surface area contributed by atoms with Crippen molar-refractivity contribution in [1.82, 2.24) is 4.98 Å². The predicted octanol–water partition coefficient (Wildman–Crippen LogP) is 3.79. The van der Waals surface area contributed by atoms with Crippen LogP contribution in [0.25, 0.3) is 0 Å². The van der Waals surface area contributed by atoms with Crippen molar-refractivity contribution in [3.05, 3.63) is 41.0 Å². The maximum atomic E-state index is 12.7. The quantitative estimate of drug-likeness (QED) is 0.842. The van der Waals surface area contributed by atoms with E-state index in [1.54, 1.807) is 11.6 Å². The molecule has 1 unspecified atom stereocenters. The van der Waals surface area contributed by atoms with E-state index in [-0.39, 0.29) is 6.17 Å². The van der Waals surface area contributed by atoms with Gasteiger partial charge in [-0.25, -0.2) is 9.98 Å². The van der Waals surface area contributed by atoms with Crippen molar-refractivity contribution in [1.29, 1.82) is 0 Å². The lowest BCUT2D eigenvalue weighted by Gasteiger charge is -2.20. The Morgan fingerprint density at radius 2 is 2.14 bits per heavy atom. The van der Waals surface area contributed by atoms with Gasteiger partial charge in [0.25, 0.3) is 0 Å². The summed E-state index contributed by atoms with van der Waals surface area (Å²) in [4.78, 5) is 8.52. The fraction of sp³-hybridized carbons (Fsp3) is 0.231. The average Bonchev–Trinajstić information content (AvgIpc) is 2.86. The van der Waals surface area contributed by atoms with E-state index in [1.807, 2.05) is 6.92 Å². The van der Waals surface area contributed by atoms with E-state index in [2.05, 4.69) is 20.6 Å². The molecule has 21 heavy (non-hydrogen) atoms. The first-order valence-electron chi connectivity index (χ1n) is 6.16. The van der Waals surface area contributed by atoms with Crippen molar-refractivity contribution >= 4 is 27.9 Å². The number of hydrogen-bond acceptors (Lipinski definition) is 5. The van der Waals surface area contributed by atoms with Gasteiger partial charge in [0.1, 0.15) is 16.9 Å². The van der Waals surface area contributed by atoms with Crippen LogP contribution in [-0.4, -0.2) is 17.0 Å². The molecule has 1 aliphatic rings. The highest BCUT2D eigenvalue weighted by atomic mass is 32.1. The smallest absolute Gasteiger partial charge is 0.354 e. The molecule has 0 aliphatic carbocycles. The fourth-order valence-corrected chi connectivity index (χ4v) is 2.76. The molecule has 0 saturated carbocycles. The summed E-state index contributed by atoms with van der Waals surface area (Å²) < 4.78 is 38.2. The molecule has 0 saturated heterocycles. The van der Waals surface area contributed by atoms with E-state index in [9.17, 15) is 13.2 Å². The lowest BCUT2D eigenvalue weighted by atomic mass is 10.2. The summed E-state index contributed by atoms with van der Waals surface area (Å²) in [6, 6.07) is 5.02. The molecular weight excluding hydrogens is 301 g/mol. The molecule has 3 rings (SSSR count). The van der Waals surface area contributed by atoms with E-state index in [0.717, 1.165) is 17.1 Å². The summed E-state index contributed by atoms with van der Waals surface area (Å²) in [6.07, 6.45) is -4.53. The van der Waals surface area contributed by atoms with Crippen LogP contribution in [0.5, 0.6) is 0 Å². The molecule has 4 nitrogen and oxygen atoms in total. The molecule has 0 radical (unpaired) electrons. The molecule has 0 spiro atoms. The number of halogens is 3. The number of nitrogens with one attached hydrogen (secondary N) is 2. The Balaban J connectivity index is 1.91. The zero-order valence-electron chi connectivity index (χ0n) is 10.9. The Morgan fingerprint density at radius 3 is 2.90 bits per heavy atom. The number of rotatable bonds is 1. The topological polar surface area (TPSA) is 49.3 Å². The first-order chi connectivity index (χ1) is 9.93. The number of aromatic nitrogens is 1. The fourth-order valence-electron chi connectivity index (χ4n) is 2.00. The van der Waals surface area contributed by atoms with Crippen LogP contribution in [0, 0.1) is 0 Å². The number of aliphatic imine (C=N–C) groups is 1. The number of thiazole rings is 1. The molecule has 1 aromatic carbocycles. The maximum absolute atomic E-state index is 12.7. The highest BCUT2D eigenvalue weighted by molar-refractivity contribution is 7.14. The van der Waals surface area contributed by atoms with Gasteiger partial charge in [-0.2, -0.15) is 13.2 Å². The van der Waals surface area contributed by atoms with E-state index >= 15 is 0 Å². The minimum absolute atomic E-state index is 0.161. The molecule has 0 bridgehead atoms. The Kier molecular flexibility index (Phi) is 3.32. The van der Waals surface area contributed by atoms with Gasteiger partial charge >= 0.3 is 6.18 Å². The molecular formula is C13H11F3N4S. The van der Waals surface area contributed by atoms with Crippen LogP contribution < -0.4 is 10.6 Å². The van der Waals surface area contributed by atoms with Gasteiger partial charge in [0.2, 0.25) is 0 Å². The largest absolute Gasteiger partial charge is 0.416 e. The van der Waals surface area contributed by atoms with Crippen LogP contribution in [-0.2, 0) is 6.18 Å². The predicted molar refractivity (Wildman–Crippen MR) is 76.8 cm³/mol. The van der Waals surface area contributed by atoms with Crippen molar-refractivity contribution < 1.29 is 13.2 Å². The van der Waals surface area contributed by atoms with E-state index in [1.165, 1.54) is 17.4 Å². The van der Waals surface area contributed by atoms with Gasteiger partial charge in [0.15, 0.2) is 5.84 Å². The monoisotopic (exact) mass is 312 g/mol. The van der Waals surface area contributed by atoms with Gasteiger partial charge in [0, 0.05) is 5.69 Å². The average molecular weight is 312 g/mol. The Morgan fingerprint density at radius 1 is 1.33 bits per heavy atom. The molecule has 0 fully saturated rings. The van der Waals surface area contributed by atoms with Crippen LogP contribution >= 0.6 is 11.3 Å². The molecule has 2 N–H and O–H groups in total. The summed E-state index contributed by atoms with van der Waals surface area (Å²) in [5.41, 5.74) is 1.92. The summed E-state index contributed by atoms with van der Waals surface area (Å²) in [5.74, 6) is 0.469. The third-order valence-electron chi connectivity index (χ3n) is 2.91. The van der Waals surface area contributed by atoms with Gasteiger partial charge in [0.05, 0.1) is 11.1 Å². The second-order valence-corrected chi connectivity index (χ2v) is 5.39. The standard InChI is InChI=1S/C13H11F3N4S/c1-7-18-11(10-12(19-7)21-6-17-10)20-9-4-2-3-8(5-9)13(14,15)16/h2-7,19H,1H3,(H,18,20). The van der Waals surface area contributed by atoms with Crippen LogP contribution in [0.4, 0.5) is 23.9 Å². The molecule has 2 heterocycles. The number of amidine groups is 1. The first-order valence-corrected chi connectivity index (χ1v) is 7.04. The van der Waals surface area contributed by atoms with Gasteiger partial charge in [-0.3, -0.25) is 0 Å². The van der Waals surface area contributed by atoms with Gasteiger partial charge in [-0.1, -0.05) is 6.07 Å². The Hall–Kier alpha value is -2.09. The zero-order valence-corrected chi connectivity index (χ0v) is 11.7. The molecule has 110 valence electrons. The van der Waals surface area contributed by atoms with Crippen molar-refractivity contribution in [2.24, 2.45) is 4.99 Å². The Bertz CT molecular complexity index is 693. The van der Waals surface area contributed by atoms with Crippen LogP contribution in [0.1, 0.15) is 18.2 Å². The van der Waals surface area contributed by atoms with Gasteiger partial charge in [-0.15, -0.1) is 11.3 Å². The number of alkyl halides is 3. The molecule has 1 aliphatic heterocycles. The van der Waals surface area contributed by atoms with Crippen LogP contribution in [0.15, 0.2) is 34.8 Å². The third kappa shape index (κ3) is 2.85. The highest BCUT2D eigenvalue weighted by Crippen LogP contribution is 2.31. The minimum Gasteiger partial charge on any atom is -0.354 e. The molecule has 1 atom stereocenters. The van der Waals surface area contributed by atoms with Gasteiger partial charge in [-0.05, 0) is 25.1 Å². The molecule has 8 heteroatoms. The minimum atomic E-state index is -4.37. The van der Waals surface area contributed by atoms with E-state index in [0.29, 0.717) is 17.2 Å². The molecule has 0 amide bonds. The lowest BCUT2D eigenvalue weighted by molar-refractivity contribution is -0.137.